The van der Waals surface area contributed by atoms with Gasteiger partial charge in [-0.2, -0.15) is 0 Å². The molecule has 41 heavy (non-hydrogen) atoms. The Balaban J connectivity index is 2.04. The van der Waals surface area contributed by atoms with Crippen LogP contribution in [-0.4, -0.2) is 58.0 Å². The third-order valence-electron chi connectivity index (χ3n) is 6.90. The van der Waals surface area contributed by atoms with E-state index in [0.29, 0.717) is 11.5 Å². The number of rotatable bonds is 13. The lowest BCUT2D eigenvalue weighted by Crippen LogP contribution is -2.52. The van der Waals surface area contributed by atoms with E-state index in [-0.39, 0.29) is 29.1 Å². The topological polar surface area (TPSA) is 105 Å². The summed E-state index contributed by atoms with van der Waals surface area (Å²) in [6, 6.07) is 19.1. The highest BCUT2D eigenvalue weighted by Gasteiger charge is 2.33. The van der Waals surface area contributed by atoms with Gasteiger partial charge in [-0.3, -0.25) is 13.9 Å². The first-order valence-electron chi connectivity index (χ1n) is 13.5. The minimum Gasteiger partial charge on any atom is -0.497 e. The number of anilines is 1. The van der Waals surface area contributed by atoms with Crippen LogP contribution in [0.25, 0.3) is 0 Å². The van der Waals surface area contributed by atoms with Crippen molar-refractivity contribution in [1.29, 1.82) is 0 Å². The largest absolute Gasteiger partial charge is 0.497 e. The van der Waals surface area contributed by atoms with Crippen molar-refractivity contribution in [2.24, 2.45) is 0 Å². The molecule has 2 amide bonds. The molecule has 3 aromatic carbocycles. The van der Waals surface area contributed by atoms with E-state index in [1.165, 1.54) is 24.1 Å². The lowest BCUT2D eigenvalue weighted by atomic mass is 10.1. The highest BCUT2D eigenvalue weighted by Crippen LogP contribution is 2.27. The zero-order valence-corrected chi connectivity index (χ0v) is 25.3. The molecule has 2 atom stereocenters. The Morgan fingerprint density at radius 1 is 0.902 bits per heavy atom. The zero-order chi connectivity index (χ0) is 30.2. The molecule has 1 N–H and O–H groups in total. The monoisotopic (exact) mass is 581 g/mol. The van der Waals surface area contributed by atoms with Gasteiger partial charge in [0.2, 0.25) is 11.8 Å². The van der Waals surface area contributed by atoms with Crippen LogP contribution < -0.4 is 19.1 Å². The number of benzene rings is 3. The molecule has 0 saturated heterocycles. The molecule has 220 valence electrons. The molecule has 0 bridgehead atoms. The maximum absolute atomic E-state index is 14.0. The van der Waals surface area contributed by atoms with Crippen LogP contribution in [0.2, 0.25) is 0 Å². The van der Waals surface area contributed by atoms with Crippen LogP contribution in [0.4, 0.5) is 5.69 Å². The predicted octanol–water partition coefficient (Wildman–Crippen LogP) is 4.54. The number of amides is 2. The molecule has 3 aromatic rings. The van der Waals surface area contributed by atoms with Gasteiger partial charge in [-0.15, -0.1) is 0 Å². The molecule has 10 heteroatoms. The smallest absolute Gasteiger partial charge is 0.264 e. The summed E-state index contributed by atoms with van der Waals surface area (Å²) in [6.07, 6.45) is 0.725. The minimum atomic E-state index is -4.15. The van der Waals surface area contributed by atoms with Crippen molar-refractivity contribution in [3.05, 3.63) is 83.9 Å². The summed E-state index contributed by atoms with van der Waals surface area (Å²) in [6.45, 7) is 6.90. The van der Waals surface area contributed by atoms with Gasteiger partial charge in [0, 0.05) is 12.6 Å². The Morgan fingerprint density at radius 3 is 2.12 bits per heavy atom. The Morgan fingerprint density at radius 2 is 1.54 bits per heavy atom. The summed E-state index contributed by atoms with van der Waals surface area (Å²) < 4.78 is 39.5. The second kappa shape index (κ2) is 14.0. The standard InChI is InChI=1S/C31H39N3O6S/c1-7-23(3)32-31(36)24(4)33(20-25-9-8-10-28(19-25)40-6)30(35)21-34(26-13-15-27(39-5)16-14-26)41(37,38)29-17-11-22(2)12-18-29/h8-19,23-24H,7,20-21H2,1-6H3,(H,32,36)/t23-,24-/m1/s1. The fourth-order valence-electron chi connectivity index (χ4n) is 4.13. The average molecular weight is 582 g/mol. The number of carbonyl (C=O) groups excluding carboxylic acids is 2. The number of ether oxygens (including phenoxy) is 2. The van der Waals surface area contributed by atoms with E-state index in [1.807, 2.05) is 26.8 Å². The molecule has 0 aliphatic heterocycles. The van der Waals surface area contributed by atoms with Crippen molar-refractivity contribution < 1.29 is 27.5 Å². The number of aryl methyl sites for hydroxylation is 1. The van der Waals surface area contributed by atoms with E-state index < -0.39 is 28.5 Å². The minimum absolute atomic E-state index is 0.0497. The van der Waals surface area contributed by atoms with E-state index in [2.05, 4.69) is 5.32 Å². The van der Waals surface area contributed by atoms with Crippen molar-refractivity contribution >= 4 is 27.5 Å². The van der Waals surface area contributed by atoms with Gasteiger partial charge in [0.05, 0.1) is 24.8 Å². The molecule has 0 heterocycles. The number of nitrogens with zero attached hydrogens (tertiary/aromatic N) is 2. The van der Waals surface area contributed by atoms with Crippen molar-refractivity contribution in [3.8, 4) is 11.5 Å². The van der Waals surface area contributed by atoms with Gasteiger partial charge in [0.1, 0.15) is 24.1 Å². The number of carbonyl (C=O) groups is 2. The normalized spacial score (nSPS) is 12.6. The van der Waals surface area contributed by atoms with Crippen molar-refractivity contribution in [2.75, 3.05) is 25.1 Å². The van der Waals surface area contributed by atoms with Crippen LogP contribution >= 0.6 is 0 Å². The molecule has 9 nitrogen and oxygen atoms in total. The lowest BCUT2D eigenvalue weighted by Gasteiger charge is -2.32. The molecule has 3 rings (SSSR count). The molecule has 0 saturated carbocycles. The van der Waals surface area contributed by atoms with E-state index in [4.69, 9.17) is 9.47 Å². The van der Waals surface area contributed by atoms with Crippen LogP contribution in [0.5, 0.6) is 11.5 Å². The first-order chi connectivity index (χ1) is 19.5. The number of hydrogen-bond donors (Lipinski definition) is 1. The number of nitrogens with one attached hydrogen (secondary N) is 1. The number of hydrogen-bond acceptors (Lipinski definition) is 6. The van der Waals surface area contributed by atoms with E-state index in [0.717, 1.165) is 21.9 Å². The molecule has 0 aliphatic carbocycles. The second-order valence-electron chi connectivity index (χ2n) is 9.89. The number of methoxy groups -OCH3 is 2. The van der Waals surface area contributed by atoms with Crippen LogP contribution in [0.1, 0.15) is 38.3 Å². The van der Waals surface area contributed by atoms with E-state index in [1.54, 1.807) is 68.6 Å². The van der Waals surface area contributed by atoms with Crippen molar-refractivity contribution in [1.82, 2.24) is 10.2 Å². The Kier molecular flexibility index (Phi) is 10.8. The fourth-order valence-corrected chi connectivity index (χ4v) is 5.54. The molecule has 0 aliphatic rings. The first-order valence-corrected chi connectivity index (χ1v) is 14.9. The summed E-state index contributed by atoms with van der Waals surface area (Å²) in [5.41, 5.74) is 1.93. The highest BCUT2D eigenvalue weighted by molar-refractivity contribution is 7.92. The molecule has 0 unspecified atom stereocenters. The van der Waals surface area contributed by atoms with Gasteiger partial charge in [-0.1, -0.05) is 36.8 Å². The molecular formula is C31H39N3O6S. The second-order valence-corrected chi connectivity index (χ2v) is 11.8. The zero-order valence-electron chi connectivity index (χ0n) is 24.5. The molecule has 0 aromatic heterocycles. The SMILES string of the molecule is CC[C@@H](C)NC(=O)[C@@H](C)N(Cc1cccc(OC)c1)C(=O)CN(c1ccc(OC)cc1)S(=O)(=O)c1ccc(C)cc1. The summed E-state index contributed by atoms with van der Waals surface area (Å²) in [7, 11) is -1.08. The van der Waals surface area contributed by atoms with Crippen molar-refractivity contribution in [3.63, 3.8) is 0 Å². The van der Waals surface area contributed by atoms with Crippen LogP contribution in [-0.2, 0) is 26.2 Å². The van der Waals surface area contributed by atoms with Gasteiger partial charge in [-0.05, 0) is 81.3 Å². The Labute approximate surface area is 243 Å². The van der Waals surface area contributed by atoms with Crippen LogP contribution in [0.3, 0.4) is 0 Å². The van der Waals surface area contributed by atoms with Crippen molar-refractivity contribution in [2.45, 2.75) is 57.6 Å². The van der Waals surface area contributed by atoms with Gasteiger partial charge in [0.15, 0.2) is 0 Å². The molecule has 0 fully saturated rings. The molecule has 0 radical (unpaired) electrons. The van der Waals surface area contributed by atoms with Crippen LogP contribution in [0, 0.1) is 6.92 Å². The average Bonchev–Trinajstić information content (AvgIpc) is 2.98. The third kappa shape index (κ3) is 8.00. The molecule has 0 spiro atoms. The summed E-state index contributed by atoms with van der Waals surface area (Å²) in [4.78, 5) is 28.6. The summed E-state index contributed by atoms with van der Waals surface area (Å²) >= 11 is 0. The summed E-state index contributed by atoms with van der Waals surface area (Å²) in [5.74, 6) is 0.287. The Hall–Kier alpha value is -4.05. The summed E-state index contributed by atoms with van der Waals surface area (Å²) in [5, 5.41) is 2.93. The number of sulfonamides is 1. The maximum atomic E-state index is 14.0. The lowest BCUT2D eigenvalue weighted by molar-refractivity contribution is -0.139. The van der Waals surface area contributed by atoms with Gasteiger partial charge in [0.25, 0.3) is 10.0 Å². The Bertz CT molecular complexity index is 1420. The van der Waals surface area contributed by atoms with Gasteiger partial charge in [-0.25, -0.2) is 8.42 Å². The third-order valence-corrected chi connectivity index (χ3v) is 8.69. The predicted molar refractivity (Wildman–Crippen MR) is 160 cm³/mol. The van der Waals surface area contributed by atoms with Crippen LogP contribution in [0.15, 0.2) is 77.7 Å². The first kappa shape index (κ1) is 31.5. The quantitative estimate of drug-likeness (QED) is 0.318. The van der Waals surface area contributed by atoms with E-state index >= 15 is 0 Å². The van der Waals surface area contributed by atoms with Gasteiger partial charge < -0.3 is 19.7 Å². The van der Waals surface area contributed by atoms with E-state index in [9.17, 15) is 18.0 Å². The molecular weight excluding hydrogens is 542 g/mol. The fraction of sp³-hybridized carbons (Fsp3) is 0.355. The maximum Gasteiger partial charge on any atom is 0.264 e. The highest BCUT2D eigenvalue weighted by atomic mass is 32.2. The van der Waals surface area contributed by atoms with Gasteiger partial charge >= 0.3 is 0 Å².